The van der Waals surface area contributed by atoms with Crippen molar-refractivity contribution in [3.05, 3.63) is 11.9 Å². The number of aromatic carboxylic acids is 1. The molecular weight excluding hydrogens is 304 g/mol. The number of carbonyl (C=O) groups is 2. The first kappa shape index (κ1) is 16.3. The van der Waals surface area contributed by atoms with Crippen LogP contribution in [-0.4, -0.2) is 83.4 Å². The fraction of sp³-hybridized carbons (Fsp3) is 0.600. The van der Waals surface area contributed by atoms with Gasteiger partial charge < -0.3 is 36.0 Å². The van der Waals surface area contributed by atoms with E-state index in [0.717, 1.165) is 6.20 Å². The number of hydrogen-bond acceptors (Lipinski definition) is 9. The maximum atomic E-state index is 11.8. The monoisotopic (exact) mass is 318 g/mol. The summed E-state index contributed by atoms with van der Waals surface area (Å²) in [4.78, 5) is 22.6. The van der Waals surface area contributed by atoms with Crippen molar-refractivity contribution in [3.8, 4) is 0 Å². The molecule has 2 heterocycles. The van der Waals surface area contributed by atoms with Crippen LogP contribution in [0.2, 0.25) is 0 Å². The summed E-state index contributed by atoms with van der Waals surface area (Å²) < 4.78 is 5.67. The lowest BCUT2D eigenvalue weighted by molar-refractivity contribution is -0.296. The second-order valence-corrected chi connectivity index (χ2v) is 4.68. The van der Waals surface area contributed by atoms with Crippen LogP contribution < -0.4 is 5.73 Å². The van der Waals surface area contributed by atoms with Gasteiger partial charge in [0.05, 0.1) is 12.8 Å². The lowest BCUT2D eigenvalue weighted by atomic mass is 9.90. The SMILES string of the molecule is NC(=O)[C@@]1(n2cc(C(=O)O)nn2)O[C@H](CO)[C@@H](O)[C@H](O)[C@H]1O. The van der Waals surface area contributed by atoms with Gasteiger partial charge in [-0.25, -0.2) is 9.48 Å². The van der Waals surface area contributed by atoms with Gasteiger partial charge in [-0.1, -0.05) is 5.21 Å². The average molecular weight is 318 g/mol. The maximum Gasteiger partial charge on any atom is 0.358 e. The van der Waals surface area contributed by atoms with E-state index in [0.29, 0.717) is 4.68 Å². The summed E-state index contributed by atoms with van der Waals surface area (Å²) in [6.07, 6.45) is -6.39. The van der Waals surface area contributed by atoms with Crippen LogP contribution in [0.15, 0.2) is 6.20 Å². The molecule has 1 fully saturated rings. The number of primary amides is 1. The molecule has 0 aliphatic carbocycles. The van der Waals surface area contributed by atoms with Crippen molar-refractivity contribution in [3.63, 3.8) is 0 Å². The number of nitrogens with zero attached hydrogens (tertiary/aromatic N) is 3. The van der Waals surface area contributed by atoms with Crippen molar-refractivity contribution < 1.29 is 39.9 Å². The van der Waals surface area contributed by atoms with Crippen LogP contribution in [0.5, 0.6) is 0 Å². The van der Waals surface area contributed by atoms with Crippen LogP contribution >= 0.6 is 0 Å². The fourth-order valence-electron chi connectivity index (χ4n) is 2.18. The lowest BCUT2D eigenvalue weighted by Crippen LogP contribution is -2.70. The van der Waals surface area contributed by atoms with Crippen LogP contribution in [-0.2, 0) is 15.3 Å². The van der Waals surface area contributed by atoms with Gasteiger partial charge in [-0.2, -0.15) is 0 Å². The number of hydrogen-bond donors (Lipinski definition) is 6. The predicted molar refractivity (Wildman–Crippen MR) is 64.1 cm³/mol. The van der Waals surface area contributed by atoms with E-state index in [-0.39, 0.29) is 0 Å². The van der Waals surface area contributed by atoms with Crippen molar-refractivity contribution in [1.82, 2.24) is 15.0 Å². The van der Waals surface area contributed by atoms with Gasteiger partial charge in [0.25, 0.3) is 11.6 Å². The smallest absolute Gasteiger partial charge is 0.358 e. The number of carbonyl (C=O) groups excluding carboxylic acids is 1. The zero-order valence-electron chi connectivity index (χ0n) is 11.0. The average Bonchev–Trinajstić information content (AvgIpc) is 2.95. The van der Waals surface area contributed by atoms with Gasteiger partial charge in [0, 0.05) is 0 Å². The first-order valence-electron chi connectivity index (χ1n) is 6.04. The summed E-state index contributed by atoms with van der Waals surface area (Å²) in [6.45, 7) is -0.805. The summed E-state index contributed by atoms with van der Waals surface area (Å²) in [5, 5.41) is 54.2. The normalized spacial score (nSPS) is 35.3. The molecular formula is C10H14N4O8. The molecule has 0 radical (unpaired) electrons. The summed E-state index contributed by atoms with van der Waals surface area (Å²) in [7, 11) is 0. The minimum absolute atomic E-state index is 0.529. The molecule has 0 saturated carbocycles. The van der Waals surface area contributed by atoms with Crippen molar-refractivity contribution >= 4 is 11.9 Å². The predicted octanol–water partition coefficient (Wildman–Crippen LogP) is -4.41. The van der Waals surface area contributed by atoms with Crippen molar-refractivity contribution in [2.24, 2.45) is 5.73 Å². The third-order valence-corrected chi connectivity index (χ3v) is 3.37. The molecule has 7 N–H and O–H groups in total. The molecule has 0 unspecified atom stereocenters. The standard InChI is InChI=1S/C10H14N4O8/c11-9(21)10(14-1-3(8(19)20)12-13-14)7(18)6(17)5(16)4(2-15)22-10/h1,4-7,15-18H,2H2,(H2,11,21)(H,19,20)/t4-,5-,6+,7-,10+/m1/s1. The Hall–Kier alpha value is -2.12. The largest absolute Gasteiger partial charge is 0.476 e. The number of carboxylic acid groups (broad SMARTS) is 1. The third-order valence-electron chi connectivity index (χ3n) is 3.37. The molecule has 0 bridgehead atoms. The first-order chi connectivity index (χ1) is 10.3. The van der Waals surface area contributed by atoms with E-state index in [9.17, 15) is 24.9 Å². The van der Waals surface area contributed by atoms with E-state index in [1.54, 1.807) is 0 Å². The van der Waals surface area contributed by atoms with Gasteiger partial charge in [-0.15, -0.1) is 5.10 Å². The molecule has 0 aromatic carbocycles. The Morgan fingerprint density at radius 2 is 2.00 bits per heavy atom. The zero-order chi connectivity index (χ0) is 16.7. The molecule has 1 amide bonds. The van der Waals surface area contributed by atoms with Gasteiger partial charge in [0.1, 0.15) is 24.4 Å². The minimum atomic E-state index is -2.53. The van der Waals surface area contributed by atoms with E-state index in [1.165, 1.54) is 0 Å². The quantitative estimate of drug-likeness (QED) is 0.314. The number of aliphatic hydroxyl groups excluding tert-OH is 4. The van der Waals surface area contributed by atoms with Gasteiger partial charge in [-0.05, 0) is 0 Å². The Kier molecular flexibility index (Phi) is 4.12. The molecule has 0 spiro atoms. The molecule has 1 aromatic heterocycles. The molecule has 1 aromatic rings. The van der Waals surface area contributed by atoms with Crippen LogP contribution in [0.3, 0.4) is 0 Å². The molecule has 2 rings (SSSR count). The van der Waals surface area contributed by atoms with Crippen LogP contribution in [0.4, 0.5) is 0 Å². The Morgan fingerprint density at radius 3 is 2.45 bits per heavy atom. The topological polar surface area (TPSA) is 201 Å². The van der Waals surface area contributed by atoms with E-state index in [1.807, 2.05) is 0 Å². The molecule has 1 saturated heterocycles. The van der Waals surface area contributed by atoms with Crippen molar-refractivity contribution in [1.29, 1.82) is 0 Å². The maximum absolute atomic E-state index is 11.8. The van der Waals surface area contributed by atoms with Gasteiger partial charge >= 0.3 is 5.97 Å². The molecule has 12 heteroatoms. The Balaban J connectivity index is 2.55. The number of nitrogens with two attached hydrogens (primary N) is 1. The van der Waals surface area contributed by atoms with E-state index >= 15 is 0 Å². The molecule has 122 valence electrons. The Morgan fingerprint density at radius 1 is 1.36 bits per heavy atom. The number of aromatic nitrogens is 3. The first-order valence-corrected chi connectivity index (χ1v) is 6.04. The van der Waals surface area contributed by atoms with E-state index in [2.05, 4.69) is 10.3 Å². The highest BCUT2D eigenvalue weighted by atomic mass is 16.6. The summed E-state index contributed by atoms with van der Waals surface area (Å²) in [6, 6.07) is 0. The summed E-state index contributed by atoms with van der Waals surface area (Å²) in [5.41, 5.74) is 2.09. The molecule has 22 heavy (non-hydrogen) atoms. The summed E-state index contributed by atoms with van der Waals surface area (Å²) in [5.74, 6) is -2.79. The van der Waals surface area contributed by atoms with Crippen molar-refractivity contribution in [2.75, 3.05) is 6.61 Å². The van der Waals surface area contributed by atoms with E-state index < -0.39 is 54.3 Å². The van der Waals surface area contributed by atoms with Gasteiger partial charge in [0.2, 0.25) is 0 Å². The van der Waals surface area contributed by atoms with Gasteiger partial charge in [0.15, 0.2) is 5.69 Å². The van der Waals surface area contributed by atoms with Gasteiger partial charge in [-0.3, -0.25) is 4.79 Å². The van der Waals surface area contributed by atoms with Crippen LogP contribution in [0, 0.1) is 0 Å². The van der Waals surface area contributed by atoms with Crippen LogP contribution in [0.25, 0.3) is 0 Å². The second kappa shape index (κ2) is 5.58. The molecule has 1 aliphatic heterocycles. The highest BCUT2D eigenvalue weighted by Crippen LogP contribution is 2.33. The van der Waals surface area contributed by atoms with Crippen LogP contribution in [0.1, 0.15) is 10.5 Å². The van der Waals surface area contributed by atoms with Crippen molar-refractivity contribution in [2.45, 2.75) is 30.1 Å². The highest BCUT2D eigenvalue weighted by Gasteiger charge is 2.59. The molecule has 5 atom stereocenters. The van der Waals surface area contributed by atoms with E-state index in [4.69, 9.17) is 20.7 Å². The Bertz CT molecular complexity index is 589. The minimum Gasteiger partial charge on any atom is -0.476 e. The number of rotatable bonds is 4. The lowest BCUT2D eigenvalue weighted by Gasteiger charge is -2.45. The third kappa shape index (κ3) is 2.22. The Labute approximate surface area is 122 Å². The highest BCUT2D eigenvalue weighted by molar-refractivity contribution is 5.85. The fourth-order valence-corrected chi connectivity index (χ4v) is 2.18. The number of aliphatic hydroxyl groups is 4. The zero-order valence-corrected chi connectivity index (χ0v) is 11.0. The number of ether oxygens (including phenoxy) is 1. The molecule has 1 aliphatic rings. The molecule has 12 nitrogen and oxygen atoms in total. The second-order valence-electron chi connectivity index (χ2n) is 4.68. The summed E-state index contributed by atoms with van der Waals surface area (Å²) >= 11 is 0. The number of carboxylic acids is 1. The number of amides is 1.